The van der Waals surface area contributed by atoms with Crippen LogP contribution in [-0.4, -0.2) is 24.0 Å². The molecule has 21 heavy (non-hydrogen) atoms. The lowest BCUT2D eigenvalue weighted by atomic mass is 10.1. The van der Waals surface area contributed by atoms with Gasteiger partial charge in [-0.3, -0.25) is 9.78 Å². The van der Waals surface area contributed by atoms with Crippen LogP contribution in [0.5, 0.6) is 0 Å². The van der Waals surface area contributed by atoms with Crippen LogP contribution in [0, 0.1) is 6.92 Å². The van der Waals surface area contributed by atoms with Crippen molar-refractivity contribution in [3.63, 3.8) is 0 Å². The molecule has 0 saturated heterocycles. The van der Waals surface area contributed by atoms with Crippen molar-refractivity contribution >= 4 is 11.9 Å². The minimum absolute atomic E-state index is 0.260. The smallest absolute Gasteiger partial charge is 0.337 e. The van der Waals surface area contributed by atoms with Crippen LogP contribution in [0.4, 0.5) is 0 Å². The zero-order valence-corrected chi connectivity index (χ0v) is 11.9. The van der Waals surface area contributed by atoms with Crippen molar-refractivity contribution in [1.29, 1.82) is 0 Å². The molecule has 1 heterocycles. The zero-order valence-electron chi connectivity index (χ0n) is 11.9. The van der Waals surface area contributed by atoms with Gasteiger partial charge >= 0.3 is 5.97 Å². The number of rotatable bonds is 4. The standard InChI is InChI=1S/C16H16N2O3/c1-11-5-3-8-14(18-11)10-17-15(19)12-6-4-7-13(9-12)16(20)21-2/h3-9H,10H2,1-2H3,(H,17,19). The summed E-state index contributed by atoms with van der Waals surface area (Å²) < 4.78 is 4.63. The van der Waals surface area contributed by atoms with Gasteiger partial charge in [0.05, 0.1) is 24.9 Å². The first-order valence-electron chi connectivity index (χ1n) is 6.49. The number of hydrogen-bond donors (Lipinski definition) is 1. The van der Waals surface area contributed by atoms with E-state index in [-0.39, 0.29) is 5.91 Å². The molecule has 0 unspecified atom stereocenters. The summed E-state index contributed by atoms with van der Waals surface area (Å²) >= 11 is 0. The highest BCUT2D eigenvalue weighted by molar-refractivity contribution is 5.97. The molecule has 0 aliphatic carbocycles. The molecule has 1 aromatic heterocycles. The number of ether oxygens (including phenoxy) is 1. The second-order valence-electron chi connectivity index (χ2n) is 4.53. The first-order valence-corrected chi connectivity index (χ1v) is 6.49. The van der Waals surface area contributed by atoms with Gasteiger partial charge < -0.3 is 10.1 Å². The van der Waals surface area contributed by atoms with E-state index in [1.165, 1.54) is 13.2 Å². The quantitative estimate of drug-likeness (QED) is 0.873. The van der Waals surface area contributed by atoms with E-state index in [4.69, 9.17) is 0 Å². The van der Waals surface area contributed by atoms with Crippen molar-refractivity contribution in [2.45, 2.75) is 13.5 Å². The van der Waals surface area contributed by atoms with Gasteiger partial charge in [-0.15, -0.1) is 0 Å². The highest BCUT2D eigenvalue weighted by Crippen LogP contribution is 2.07. The van der Waals surface area contributed by atoms with E-state index < -0.39 is 5.97 Å². The Morgan fingerprint density at radius 2 is 1.86 bits per heavy atom. The first-order chi connectivity index (χ1) is 10.1. The average Bonchev–Trinajstić information content (AvgIpc) is 2.52. The molecule has 0 radical (unpaired) electrons. The molecule has 0 aliphatic rings. The van der Waals surface area contributed by atoms with Crippen LogP contribution in [0.3, 0.4) is 0 Å². The van der Waals surface area contributed by atoms with Gasteiger partial charge in [0.25, 0.3) is 5.91 Å². The molecule has 1 aromatic carbocycles. The van der Waals surface area contributed by atoms with Crippen molar-refractivity contribution in [1.82, 2.24) is 10.3 Å². The van der Waals surface area contributed by atoms with E-state index in [9.17, 15) is 9.59 Å². The summed E-state index contributed by atoms with van der Waals surface area (Å²) in [6.07, 6.45) is 0. The Morgan fingerprint density at radius 1 is 1.14 bits per heavy atom. The Balaban J connectivity index is 2.05. The molecule has 108 valence electrons. The highest BCUT2D eigenvalue weighted by atomic mass is 16.5. The van der Waals surface area contributed by atoms with E-state index in [1.807, 2.05) is 25.1 Å². The van der Waals surface area contributed by atoms with Crippen molar-refractivity contribution < 1.29 is 14.3 Å². The molecule has 0 fully saturated rings. The summed E-state index contributed by atoms with van der Waals surface area (Å²) in [5.41, 5.74) is 2.44. The third-order valence-electron chi connectivity index (χ3n) is 2.92. The number of carbonyl (C=O) groups is 2. The summed E-state index contributed by atoms with van der Waals surface area (Å²) in [7, 11) is 1.30. The second kappa shape index (κ2) is 6.65. The van der Waals surface area contributed by atoms with Gasteiger partial charge in [0.15, 0.2) is 0 Å². The van der Waals surface area contributed by atoms with Gasteiger partial charge in [0.2, 0.25) is 0 Å². The molecule has 5 nitrogen and oxygen atoms in total. The van der Waals surface area contributed by atoms with Crippen LogP contribution in [-0.2, 0) is 11.3 Å². The molecule has 0 bridgehead atoms. The number of esters is 1. The lowest BCUT2D eigenvalue weighted by Gasteiger charge is -2.06. The number of amides is 1. The number of carbonyl (C=O) groups excluding carboxylic acids is 2. The molecule has 0 saturated carbocycles. The van der Waals surface area contributed by atoms with E-state index >= 15 is 0 Å². The van der Waals surface area contributed by atoms with E-state index in [1.54, 1.807) is 18.2 Å². The third-order valence-corrected chi connectivity index (χ3v) is 2.92. The van der Waals surface area contributed by atoms with Gasteiger partial charge in [-0.05, 0) is 37.3 Å². The van der Waals surface area contributed by atoms with Crippen LogP contribution in [0.15, 0.2) is 42.5 Å². The predicted molar refractivity (Wildman–Crippen MR) is 77.9 cm³/mol. The van der Waals surface area contributed by atoms with Crippen LogP contribution in [0.25, 0.3) is 0 Å². The Bertz CT molecular complexity index is 668. The molecule has 2 aromatic rings. The summed E-state index contributed by atoms with van der Waals surface area (Å²) in [5, 5.41) is 2.77. The molecule has 0 aliphatic heterocycles. The lowest BCUT2D eigenvalue weighted by Crippen LogP contribution is -2.23. The molecule has 2 rings (SSSR count). The molecule has 0 atom stereocenters. The van der Waals surface area contributed by atoms with Crippen LogP contribution < -0.4 is 5.32 Å². The molecular weight excluding hydrogens is 268 g/mol. The average molecular weight is 284 g/mol. The van der Waals surface area contributed by atoms with Crippen LogP contribution in [0.2, 0.25) is 0 Å². The van der Waals surface area contributed by atoms with Crippen molar-refractivity contribution in [2.75, 3.05) is 7.11 Å². The zero-order chi connectivity index (χ0) is 15.2. The Kier molecular flexibility index (Phi) is 4.66. The lowest BCUT2D eigenvalue weighted by molar-refractivity contribution is 0.0600. The topological polar surface area (TPSA) is 68.3 Å². The minimum Gasteiger partial charge on any atom is -0.465 e. The third kappa shape index (κ3) is 3.89. The monoisotopic (exact) mass is 284 g/mol. The van der Waals surface area contributed by atoms with Crippen LogP contribution >= 0.6 is 0 Å². The number of methoxy groups -OCH3 is 1. The van der Waals surface area contributed by atoms with Crippen molar-refractivity contribution in [2.24, 2.45) is 0 Å². The van der Waals surface area contributed by atoms with Gasteiger partial charge in [0, 0.05) is 11.3 Å². The minimum atomic E-state index is -0.468. The first kappa shape index (κ1) is 14.7. The molecule has 1 amide bonds. The Hall–Kier alpha value is -2.69. The van der Waals surface area contributed by atoms with E-state index in [0.29, 0.717) is 17.7 Å². The highest BCUT2D eigenvalue weighted by Gasteiger charge is 2.10. The number of pyridine rings is 1. The van der Waals surface area contributed by atoms with E-state index in [2.05, 4.69) is 15.0 Å². The molecule has 0 spiro atoms. The normalized spacial score (nSPS) is 10.0. The SMILES string of the molecule is COC(=O)c1cccc(C(=O)NCc2cccc(C)n2)c1. The van der Waals surface area contributed by atoms with Gasteiger partial charge in [0.1, 0.15) is 0 Å². The summed E-state index contributed by atoms with van der Waals surface area (Å²) in [6.45, 7) is 2.23. The van der Waals surface area contributed by atoms with Gasteiger partial charge in [-0.1, -0.05) is 12.1 Å². The van der Waals surface area contributed by atoms with E-state index in [0.717, 1.165) is 11.4 Å². The number of benzene rings is 1. The van der Waals surface area contributed by atoms with Crippen molar-refractivity contribution in [3.8, 4) is 0 Å². The Morgan fingerprint density at radius 3 is 2.57 bits per heavy atom. The summed E-state index contributed by atoms with van der Waals surface area (Å²) in [4.78, 5) is 27.8. The van der Waals surface area contributed by atoms with Crippen LogP contribution in [0.1, 0.15) is 32.1 Å². The second-order valence-corrected chi connectivity index (χ2v) is 4.53. The molecular formula is C16H16N2O3. The van der Waals surface area contributed by atoms with Crippen molar-refractivity contribution in [3.05, 3.63) is 65.0 Å². The van der Waals surface area contributed by atoms with Gasteiger partial charge in [-0.25, -0.2) is 4.79 Å². The fourth-order valence-corrected chi connectivity index (χ4v) is 1.88. The molecule has 1 N–H and O–H groups in total. The predicted octanol–water partition coefficient (Wildman–Crippen LogP) is 2.11. The number of aryl methyl sites for hydroxylation is 1. The maximum atomic E-state index is 12.1. The fraction of sp³-hybridized carbons (Fsp3) is 0.188. The summed E-state index contributed by atoms with van der Waals surface area (Å²) in [5.74, 6) is -0.728. The fourth-order valence-electron chi connectivity index (χ4n) is 1.88. The Labute approximate surface area is 123 Å². The number of nitrogens with zero attached hydrogens (tertiary/aromatic N) is 1. The number of hydrogen-bond acceptors (Lipinski definition) is 4. The molecule has 5 heteroatoms. The number of aromatic nitrogens is 1. The number of nitrogens with one attached hydrogen (secondary N) is 1. The largest absolute Gasteiger partial charge is 0.465 e. The van der Waals surface area contributed by atoms with Gasteiger partial charge in [-0.2, -0.15) is 0 Å². The maximum Gasteiger partial charge on any atom is 0.337 e. The summed E-state index contributed by atoms with van der Waals surface area (Å²) in [6, 6.07) is 12.0. The maximum absolute atomic E-state index is 12.1.